The summed E-state index contributed by atoms with van der Waals surface area (Å²) in [5, 5.41) is 17.8. The number of carboxylic acid groups (broad SMARTS) is 1. The van der Waals surface area contributed by atoms with Crippen LogP contribution < -0.4 is 27.4 Å². The van der Waals surface area contributed by atoms with Crippen LogP contribution in [0.5, 0.6) is 0 Å². The Morgan fingerprint density at radius 3 is 2.30 bits per heavy atom. The highest BCUT2D eigenvalue weighted by atomic mass is 16.4. The predicted molar refractivity (Wildman–Crippen MR) is 137 cm³/mol. The quantitative estimate of drug-likeness (QED) is 0.181. The molecule has 202 valence electrons. The molecule has 0 saturated carbocycles. The molecule has 0 aliphatic heterocycles. The predicted octanol–water partition coefficient (Wildman–Crippen LogP) is -0.0918. The molecule has 5 unspecified atom stereocenters. The molecule has 1 aromatic carbocycles. The number of carbonyl (C=O) groups is 5. The molecule has 0 fully saturated rings. The second kappa shape index (κ2) is 13.4. The average Bonchev–Trinajstić information content (AvgIpc) is 3.27. The summed E-state index contributed by atoms with van der Waals surface area (Å²) >= 11 is 0. The smallest absolute Gasteiger partial charge is 0.325 e. The Balaban J connectivity index is 2.26. The van der Waals surface area contributed by atoms with Crippen LogP contribution in [0.15, 0.2) is 30.5 Å². The van der Waals surface area contributed by atoms with Gasteiger partial charge >= 0.3 is 5.97 Å². The number of hydrogen-bond acceptors (Lipinski definition) is 6. The third-order valence-electron chi connectivity index (χ3n) is 6.29. The number of H-pyrrole nitrogens is 1. The van der Waals surface area contributed by atoms with Gasteiger partial charge in [0.05, 0.1) is 6.04 Å². The zero-order valence-corrected chi connectivity index (χ0v) is 21.2. The van der Waals surface area contributed by atoms with Crippen LogP contribution in [0.3, 0.4) is 0 Å². The lowest BCUT2D eigenvalue weighted by molar-refractivity contribution is -0.141. The highest BCUT2D eigenvalue weighted by Crippen LogP contribution is 2.19. The minimum Gasteiger partial charge on any atom is -0.480 e. The van der Waals surface area contributed by atoms with E-state index >= 15 is 0 Å². The number of nitrogens with two attached hydrogens (primary N) is 2. The number of aromatic nitrogens is 1. The molecule has 12 nitrogen and oxygen atoms in total. The number of primary amides is 1. The third kappa shape index (κ3) is 8.31. The van der Waals surface area contributed by atoms with Crippen LogP contribution in [0.4, 0.5) is 0 Å². The molecule has 12 heteroatoms. The second-order valence-corrected chi connectivity index (χ2v) is 9.18. The molecule has 1 heterocycles. The molecule has 1 aromatic heterocycles. The molecule has 2 rings (SSSR count). The minimum absolute atomic E-state index is 0.0225. The van der Waals surface area contributed by atoms with E-state index in [0.717, 1.165) is 16.5 Å². The fourth-order valence-corrected chi connectivity index (χ4v) is 3.76. The van der Waals surface area contributed by atoms with Gasteiger partial charge in [-0.1, -0.05) is 38.5 Å². The van der Waals surface area contributed by atoms with Gasteiger partial charge in [-0.3, -0.25) is 24.0 Å². The van der Waals surface area contributed by atoms with E-state index in [9.17, 15) is 29.1 Å². The van der Waals surface area contributed by atoms with Gasteiger partial charge in [-0.05, 0) is 30.9 Å². The van der Waals surface area contributed by atoms with Gasteiger partial charge in [0.25, 0.3) is 0 Å². The van der Waals surface area contributed by atoms with Crippen LogP contribution in [-0.4, -0.2) is 63.9 Å². The largest absolute Gasteiger partial charge is 0.480 e. The Hall–Kier alpha value is -3.93. The highest BCUT2D eigenvalue weighted by Gasteiger charge is 2.32. The molecule has 0 saturated heterocycles. The zero-order valence-electron chi connectivity index (χ0n) is 21.2. The van der Waals surface area contributed by atoms with Gasteiger partial charge in [0, 0.05) is 29.9 Å². The number of aliphatic carboxylic acids is 1. The van der Waals surface area contributed by atoms with E-state index < -0.39 is 53.8 Å². The number of para-hydroxylation sites is 1. The lowest BCUT2D eigenvalue weighted by Crippen LogP contribution is -2.59. The molecule has 4 amide bonds. The van der Waals surface area contributed by atoms with E-state index in [4.69, 9.17) is 11.5 Å². The van der Waals surface area contributed by atoms with Crippen LogP contribution in [0.25, 0.3) is 10.9 Å². The number of hydrogen-bond donors (Lipinski definition) is 7. The van der Waals surface area contributed by atoms with E-state index in [1.807, 2.05) is 31.2 Å². The van der Waals surface area contributed by atoms with E-state index in [1.54, 1.807) is 13.1 Å². The van der Waals surface area contributed by atoms with E-state index in [2.05, 4.69) is 20.9 Å². The number of carbonyl (C=O) groups excluding carboxylic acids is 4. The Morgan fingerprint density at radius 1 is 1.00 bits per heavy atom. The standard InChI is InChI=1S/C25H36N6O6/c1-4-13(2)21(31-22(33)17(26)9-10-20(27)32)24(35)30-19(23(34)29-14(3)25(36)37)11-15-12-28-18-8-6-5-7-16(15)18/h5-8,12-14,17,19,21,28H,4,9-11,26H2,1-3H3,(H2,27,32)(H,29,34)(H,30,35)(H,31,33)(H,36,37). The summed E-state index contributed by atoms with van der Waals surface area (Å²) < 4.78 is 0. The average molecular weight is 517 g/mol. The summed E-state index contributed by atoms with van der Waals surface area (Å²) in [5.41, 5.74) is 12.6. The maximum absolute atomic E-state index is 13.3. The van der Waals surface area contributed by atoms with Crippen LogP contribution in [-0.2, 0) is 30.4 Å². The van der Waals surface area contributed by atoms with E-state index in [-0.39, 0.29) is 25.2 Å². The van der Waals surface area contributed by atoms with Crippen LogP contribution in [0, 0.1) is 5.92 Å². The van der Waals surface area contributed by atoms with Gasteiger partial charge in [0.15, 0.2) is 0 Å². The molecular formula is C25H36N6O6. The first-order valence-corrected chi connectivity index (χ1v) is 12.2. The zero-order chi connectivity index (χ0) is 27.7. The first-order chi connectivity index (χ1) is 17.4. The number of carboxylic acids is 1. The van der Waals surface area contributed by atoms with E-state index in [0.29, 0.717) is 6.42 Å². The monoisotopic (exact) mass is 516 g/mol. The topological polar surface area (TPSA) is 209 Å². The minimum atomic E-state index is -1.22. The summed E-state index contributed by atoms with van der Waals surface area (Å²) in [5.74, 6) is -4.06. The number of aromatic amines is 1. The van der Waals surface area contributed by atoms with Crippen molar-refractivity contribution in [1.29, 1.82) is 0 Å². The van der Waals surface area contributed by atoms with Crippen molar-refractivity contribution in [3.05, 3.63) is 36.0 Å². The molecule has 0 radical (unpaired) electrons. The van der Waals surface area contributed by atoms with Crippen LogP contribution >= 0.6 is 0 Å². The molecule has 0 spiro atoms. The number of benzene rings is 1. The van der Waals surface area contributed by atoms with Crippen molar-refractivity contribution < 1.29 is 29.1 Å². The van der Waals surface area contributed by atoms with Gasteiger partial charge in [0.1, 0.15) is 18.1 Å². The lowest BCUT2D eigenvalue weighted by atomic mass is 9.96. The first-order valence-electron chi connectivity index (χ1n) is 12.2. The summed E-state index contributed by atoms with van der Waals surface area (Å²) in [6, 6.07) is 3.07. The lowest BCUT2D eigenvalue weighted by Gasteiger charge is -2.27. The Kier molecular flexibility index (Phi) is 10.6. The first kappa shape index (κ1) is 29.3. The van der Waals surface area contributed by atoms with Crippen LogP contribution in [0.1, 0.15) is 45.6 Å². The second-order valence-electron chi connectivity index (χ2n) is 9.18. The summed E-state index contributed by atoms with van der Waals surface area (Å²) in [6.45, 7) is 4.93. The molecule has 0 aliphatic rings. The van der Waals surface area contributed by atoms with Crippen molar-refractivity contribution in [2.45, 2.75) is 70.6 Å². The summed E-state index contributed by atoms with van der Waals surface area (Å²) in [4.78, 5) is 64.4. The Bertz CT molecular complexity index is 1130. The van der Waals surface area contributed by atoms with Crippen molar-refractivity contribution in [1.82, 2.24) is 20.9 Å². The van der Waals surface area contributed by atoms with Crippen molar-refractivity contribution in [2.24, 2.45) is 17.4 Å². The van der Waals surface area contributed by atoms with Crippen molar-refractivity contribution in [3.8, 4) is 0 Å². The molecule has 0 bridgehead atoms. The molecule has 0 aliphatic carbocycles. The SMILES string of the molecule is CCC(C)C(NC(=O)C(N)CCC(N)=O)C(=O)NC(Cc1c[nH]c2ccccc12)C(=O)NC(C)C(=O)O. The third-order valence-corrected chi connectivity index (χ3v) is 6.29. The van der Waals surface area contributed by atoms with Crippen molar-refractivity contribution >= 4 is 40.5 Å². The molecule has 5 atom stereocenters. The van der Waals surface area contributed by atoms with Crippen molar-refractivity contribution in [3.63, 3.8) is 0 Å². The fourth-order valence-electron chi connectivity index (χ4n) is 3.76. The van der Waals surface area contributed by atoms with Crippen molar-refractivity contribution in [2.75, 3.05) is 0 Å². The van der Waals surface area contributed by atoms with Crippen LogP contribution in [0.2, 0.25) is 0 Å². The Morgan fingerprint density at radius 2 is 1.68 bits per heavy atom. The summed E-state index contributed by atoms with van der Waals surface area (Å²) in [7, 11) is 0. The molecule has 37 heavy (non-hydrogen) atoms. The summed E-state index contributed by atoms with van der Waals surface area (Å²) in [6.07, 6.45) is 2.28. The highest BCUT2D eigenvalue weighted by molar-refractivity contribution is 5.95. The van der Waals surface area contributed by atoms with E-state index in [1.165, 1.54) is 6.92 Å². The number of fused-ring (bicyclic) bond motifs is 1. The van der Waals surface area contributed by atoms with Gasteiger partial charge in [-0.2, -0.15) is 0 Å². The number of amides is 4. The Labute approximate surface area is 214 Å². The fraction of sp³-hybridized carbons (Fsp3) is 0.480. The number of nitrogens with one attached hydrogen (secondary N) is 4. The molecule has 9 N–H and O–H groups in total. The van der Waals surface area contributed by atoms with Gasteiger partial charge in [0.2, 0.25) is 23.6 Å². The normalized spacial score (nSPS) is 15.1. The maximum Gasteiger partial charge on any atom is 0.325 e. The van der Waals surface area contributed by atoms with Gasteiger partial charge in [-0.15, -0.1) is 0 Å². The maximum atomic E-state index is 13.3. The molecular weight excluding hydrogens is 480 g/mol. The number of rotatable bonds is 14. The van der Waals surface area contributed by atoms with Gasteiger partial charge in [-0.25, -0.2) is 0 Å². The molecule has 2 aromatic rings. The van der Waals surface area contributed by atoms with Gasteiger partial charge < -0.3 is 37.5 Å².